The number of anilines is 1. The van der Waals surface area contributed by atoms with Crippen LogP contribution in [0.3, 0.4) is 0 Å². The number of hydrogen-bond donors (Lipinski definition) is 0. The van der Waals surface area contributed by atoms with E-state index < -0.39 is 10.0 Å². The van der Waals surface area contributed by atoms with E-state index in [1.54, 1.807) is 22.9 Å². The molecule has 156 valence electrons. The van der Waals surface area contributed by atoms with Gasteiger partial charge in [-0.15, -0.1) is 5.10 Å². The molecule has 0 atom stereocenters. The van der Waals surface area contributed by atoms with Crippen LogP contribution in [0.2, 0.25) is 0 Å². The summed E-state index contributed by atoms with van der Waals surface area (Å²) < 4.78 is 28.7. The number of aryl methyl sites for hydroxylation is 1. The Kier molecular flexibility index (Phi) is 4.79. The van der Waals surface area contributed by atoms with Gasteiger partial charge in [0.2, 0.25) is 15.9 Å². The van der Waals surface area contributed by atoms with Gasteiger partial charge in [0.1, 0.15) is 5.52 Å². The van der Waals surface area contributed by atoms with Crippen LogP contribution in [0.1, 0.15) is 24.8 Å². The Morgan fingerprint density at radius 2 is 1.83 bits per heavy atom. The summed E-state index contributed by atoms with van der Waals surface area (Å²) in [5, 5.41) is 8.28. The van der Waals surface area contributed by atoms with Crippen LogP contribution in [0, 0.1) is 0 Å². The smallest absolute Gasteiger partial charge is 0.243 e. The Bertz CT molecular complexity index is 1210. The number of aromatic nitrogens is 3. The Hall–Kier alpha value is -2.78. The molecule has 3 aromatic rings. The van der Waals surface area contributed by atoms with Crippen LogP contribution in [0.5, 0.6) is 0 Å². The zero-order valence-electron chi connectivity index (χ0n) is 16.6. The molecular formula is C21H23N5O3S. The summed E-state index contributed by atoms with van der Waals surface area (Å²) in [6, 6.07) is 12.9. The number of carbonyl (C=O) groups excluding carboxylic acids is 1. The molecule has 0 saturated carbocycles. The third-order valence-electron chi connectivity index (χ3n) is 5.91. The molecule has 9 heteroatoms. The fourth-order valence-corrected chi connectivity index (χ4v) is 5.83. The van der Waals surface area contributed by atoms with Crippen LogP contribution < -0.4 is 4.90 Å². The lowest BCUT2D eigenvalue weighted by atomic mass is 10.2. The highest BCUT2D eigenvalue weighted by Gasteiger charge is 2.28. The van der Waals surface area contributed by atoms with E-state index in [1.807, 2.05) is 23.1 Å². The predicted octanol–water partition coefficient (Wildman–Crippen LogP) is 2.20. The summed E-state index contributed by atoms with van der Waals surface area (Å²) in [5.74, 6) is 0.0526. The zero-order chi connectivity index (χ0) is 20.7. The molecule has 0 N–H and O–H groups in total. The van der Waals surface area contributed by atoms with E-state index in [4.69, 9.17) is 0 Å². The number of nitrogens with zero attached hydrogens (tertiary/aromatic N) is 5. The lowest BCUT2D eigenvalue weighted by molar-refractivity contribution is -0.118. The number of amides is 1. The van der Waals surface area contributed by atoms with Gasteiger partial charge in [0.15, 0.2) is 0 Å². The van der Waals surface area contributed by atoms with Gasteiger partial charge in [-0.1, -0.05) is 23.4 Å². The minimum atomic E-state index is -3.49. The molecular weight excluding hydrogens is 402 g/mol. The van der Waals surface area contributed by atoms with Gasteiger partial charge in [-0.25, -0.2) is 13.1 Å². The predicted molar refractivity (Wildman–Crippen MR) is 113 cm³/mol. The maximum atomic E-state index is 12.8. The quantitative estimate of drug-likeness (QED) is 0.625. The van der Waals surface area contributed by atoms with Crippen molar-refractivity contribution < 1.29 is 13.2 Å². The van der Waals surface area contributed by atoms with Gasteiger partial charge >= 0.3 is 0 Å². The Balaban J connectivity index is 1.32. The van der Waals surface area contributed by atoms with Gasteiger partial charge in [0, 0.05) is 31.7 Å². The minimum absolute atomic E-state index is 0.0526. The maximum Gasteiger partial charge on any atom is 0.243 e. The molecule has 1 amide bonds. The average Bonchev–Trinajstić information content (AvgIpc) is 3.51. The van der Waals surface area contributed by atoms with Crippen molar-refractivity contribution in [2.24, 2.45) is 0 Å². The van der Waals surface area contributed by atoms with E-state index in [1.165, 1.54) is 9.87 Å². The van der Waals surface area contributed by atoms with E-state index >= 15 is 0 Å². The largest absolute Gasteiger partial charge is 0.312 e. The molecule has 5 rings (SSSR count). The highest BCUT2D eigenvalue weighted by Crippen LogP contribution is 2.28. The van der Waals surface area contributed by atoms with Crippen LogP contribution >= 0.6 is 0 Å². The summed E-state index contributed by atoms with van der Waals surface area (Å²) in [5.41, 5.74) is 3.44. The number of para-hydroxylation sites is 1. The Morgan fingerprint density at radius 3 is 2.67 bits per heavy atom. The molecule has 0 unspecified atom stereocenters. The van der Waals surface area contributed by atoms with Crippen molar-refractivity contribution in [2.45, 2.75) is 37.1 Å². The van der Waals surface area contributed by atoms with Crippen molar-refractivity contribution in [3.05, 3.63) is 48.0 Å². The van der Waals surface area contributed by atoms with Crippen LogP contribution in [0.25, 0.3) is 11.0 Å². The molecule has 2 aliphatic heterocycles. The standard InChI is InChI=1S/C21H23N5O3S/c27-21(25-13-9-16-5-1-2-6-19(16)25)10-14-26-20-8-7-17(15-18(20)22-23-26)30(28,29)24-11-3-4-12-24/h1-2,5-8,15H,3-4,9-14H2. The molecule has 1 saturated heterocycles. The van der Waals surface area contributed by atoms with Gasteiger partial charge < -0.3 is 4.90 Å². The number of benzene rings is 2. The Labute approximate surface area is 175 Å². The number of sulfonamides is 1. The molecule has 0 radical (unpaired) electrons. The summed E-state index contributed by atoms with van der Waals surface area (Å²) >= 11 is 0. The SMILES string of the molecule is O=C(CCn1nnc2cc(S(=O)(=O)N3CCCC3)ccc21)N1CCc2ccccc21. The van der Waals surface area contributed by atoms with Crippen molar-refractivity contribution in [3.63, 3.8) is 0 Å². The zero-order valence-corrected chi connectivity index (χ0v) is 17.4. The molecule has 1 fully saturated rings. The van der Waals surface area contributed by atoms with Gasteiger partial charge in [-0.05, 0) is 49.1 Å². The van der Waals surface area contributed by atoms with Crippen LogP contribution in [0.15, 0.2) is 47.4 Å². The average molecular weight is 426 g/mol. The monoisotopic (exact) mass is 425 g/mol. The lowest BCUT2D eigenvalue weighted by Gasteiger charge is -2.17. The molecule has 2 aliphatic rings. The van der Waals surface area contributed by atoms with E-state index in [2.05, 4.69) is 16.4 Å². The first kappa shape index (κ1) is 19.2. The van der Waals surface area contributed by atoms with Crippen molar-refractivity contribution >= 4 is 32.7 Å². The molecule has 2 aromatic carbocycles. The third-order valence-corrected chi connectivity index (χ3v) is 7.81. The molecule has 0 bridgehead atoms. The molecule has 0 aliphatic carbocycles. The molecule has 30 heavy (non-hydrogen) atoms. The van der Waals surface area contributed by atoms with Gasteiger partial charge in [0.05, 0.1) is 17.0 Å². The van der Waals surface area contributed by atoms with Crippen molar-refractivity contribution in [2.75, 3.05) is 24.5 Å². The van der Waals surface area contributed by atoms with E-state index in [-0.39, 0.29) is 10.8 Å². The first-order chi connectivity index (χ1) is 14.5. The lowest BCUT2D eigenvalue weighted by Crippen LogP contribution is -2.29. The second kappa shape index (κ2) is 7.48. The number of hydrogen-bond acceptors (Lipinski definition) is 5. The van der Waals surface area contributed by atoms with Crippen LogP contribution in [0.4, 0.5) is 5.69 Å². The fraction of sp³-hybridized carbons (Fsp3) is 0.381. The molecule has 1 aromatic heterocycles. The van der Waals surface area contributed by atoms with Crippen molar-refractivity contribution in [1.29, 1.82) is 0 Å². The molecule has 0 spiro atoms. The normalized spacial score (nSPS) is 17.0. The first-order valence-corrected chi connectivity index (χ1v) is 11.7. The summed E-state index contributed by atoms with van der Waals surface area (Å²) in [7, 11) is -3.49. The van der Waals surface area contributed by atoms with E-state index in [0.717, 1.165) is 30.5 Å². The summed E-state index contributed by atoms with van der Waals surface area (Å²) in [4.78, 5) is 14.8. The molecule has 8 nitrogen and oxygen atoms in total. The highest BCUT2D eigenvalue weighted by molar-refractivity contribution is 7.89. The number of rotatable bonds is 5. The highest BCUT2D eigenvalue weighted by atomic mass is 32.2. The third kappa shape index (κ3) is 3.27. The van der Waals surface area contributed by atoms with Crippen LogP contribution in [-0.4, -0.2) is 53.3 Å². The van der Waals surface area contributed by atoms with Crippen LogP contribution in [-0.2, 0) is 27.8 Å². The van der Waals surface area contributed by atoms with Gasteiger partial charge in [-0.2, -0.15) is 4.31 Å². The Morgan fingerprint density at radius 1 is 1.03 bits per heavy atom. The minimum Gasteiger partial charge on any atom is -0.312 e. The number of carbonyl (C=O) groups is 1. The van der Waals surface area contributed by atoms with E-state index in [0.29, 0.717) is 38.1 Å². The molecule has 3 heterocycles. The summed E-state index contributed by atoms with van der Waals surface area (Å²) in [6.45, 7) is 2.23. The van der Waals surface area contributed by atoms with Gasteiger partial charge in [0.25, 0.3) is 0 Å². The van der Waals surface area contributed by atoms with E-state index in [9.17, 15) is 13.2 Å². The van der Waals surface area contributed by atoms with Crippen molar-refractivity contribution in [3.8, 4) is 0 Å². The topological polar surface area (TPSA) is 88.4 Å². The fourth-order valence-electron chi connectivity index (χ4n) is 4.29. The van der Waals surface area contributed by atoms with Gasteiger partial charge in [-0.3, -0.25) is 4.79 Å². The van der Waals surface area contributed by atoms with Crippen molar-refractivity contribution in [1.82, 2.24) is 19.3 Å². The maximum absolute atomic E-state index is 12.8. The second-order valence-corrected chi connectivity index (χ2v) is 9.69. The summed E-state index contributed by atoms with van der Waals surface area (Å²) in [6.07, 6.45) is 2.98. The second-order valence-electron chi connectivity index (χ2n) is 7.75. The number of fused-ring (bicyclic) bond motifs is 2. The first-order valence-electron chi connectivity index (χ1n) is 10.3.